The fourth-order valence-corrected chi connectivity index (χ4v) is 3.62. The summed E-state index contributed by atoms with van der Waals surface area (Å²) in [4.78, 5) is 37.6. The number of carbonyl (C=O) groups excluding carboxylic acids is 3. The average Bonchev–Trinajstić information content (AvgIpc) is 2.94. The van der Waals surface area contributed by atoms with Crippen LogP contribution in [0.5, 0.6) is 0 Å². The maximum atomic E-state index is 13.4. The van der Waals surface area contributed by atoms with Crippen molar-refractivity contribution in [3.05, 3.63) is 47.0 Å². The number of hydrogen-bond acceptors (Lipinski definition) is 6. The van der Waals surface area contributed by atoms with E-state index in [9.17, 15) is 18.8 Å². The Morgan fingerprint density at radius 3 is 2.26 bits per heavy atom. The number of nitrogens with one attached hydrogen (secondary N) is 1. The van der Waals surface area contributed by atoms with Crippen molar-refractivity contribution in [3.8, 4) is 5.69 Å². The minimum absolute atomic E-state index is 0.0548. The molecular weight excluding hydrogens is 405 g/mol. The summed E-state index contributed by atoms with van der Waals surface area (Å²) in [7, 11) is 0. The van der Waals surface area contributed by atoms with Gasteiger partial charge >= 0.3 is 11.9 Å². The van der Waals surface area contributed by atoms with E-state index in [1.54, 1.807) is 30.7 Å². The van der Waals surface area contributed by atoms with Crippen LogP contribution < -0.4 is 5.32 Å². The van der Waals surface area contributed by atoms with Crippen LogP contribution in [-0.4, -0.2) is 46.9 Å². The molecule has 0 radical (unpaired) electrons. The molecule has 0 unspecified atom stereocenters. The van der Waals surface area contributed by atoms with E-state index in [0.717, 1.165) is 30.5 Å². The van der Waals surface area contributed by atoms with Gasteiger partial charge in [-0.2, -0.15) is 5.10 Å². The number of aromatic nitrogens is 2. The van der Waals surface area contributed by atoms with Crippen molar-refractivity contribution in [2.45, 2.75) is 52.0 Å². The Kier molecular flexibility index (Phi) is 7.38. The van der Waals surface area contributed by atoms with Gasteiger partial charge < -0.3 is 14.8 Å². The highest BCUT2D eigenvalue weighted by atomic mass is 19.1. The lowest BCUT2D eigenvalue weighted by Crippen LogP contribution is -2.48. The Morgan fingerprint density at radius 2 is 1.65 bits per heavy atom. The fourth-order valence-electron chi connectivity index (χ4n) is 3.62. The number of esters is 2. The molecule has 3 rings (SSSR count). The monoisotopic (exact) mass is 431 g/mol. The second-order valence-corrected chi connectivity index (χ2v) is 7.13. The molecule has 2 aromatic rings. The van der Waals surface area contributed by atoms with E-state index < -0.39 is 23.9 Å². The van der Waals surface area contributed by atoms with E-state index in [-0.39, 0.29) is 24.7 Å². The quantitative estimate of drug-likeness (QED) is 0.411. The summed E-state index contributed by atoms with van der Waals surface area (Å²) in [6, 6.07) is 4.27. The molecule has 1 aromatic heterocycles. The number of halogens is 1. The second kappa shape index (κ2) is 10.2. The van der Waals surface area contributed by atoms with Gasteiger partial charge in [0.1, 0.15) is 5.82 Å². The number of ether oxygens (including phenoxy) is 2. The Morgan fingerprint density at radius 1 is 1.03 bits per heavy atom. The summed E-state index contributed by atoms with van der Waals surface area (Å²) in [6.45, 7) is 3.32. The predicted octanol–water partition coefficient (Wildman–Crippen LogP) is 2.50. The zero-order valence-corrected chi connectivity index (χ0v) is 17.7. The van der Waals surface area contributed by atoms with Gasteiger partial charge in [-0.1, -0.05) is 6.42 Å². The number of hydrogen-bond donors (Lipinski definition) is 1. The van der Waals surface area contributed by atoms with Gasteiger partial charge in [0.15, 0.2) is 5.69 Å². The molecular formula is C22H26FN3O5. The first kappa shape index (κ1) is 22.5. The third kappa shape index (κ3) is 5.10. The van der Waals surface area contributed by atoms with Crippen molar-refractivity contribution < 1.29 is 28.2 Å². The summed E-state index contributed by atoms with van der Waals surface area (Å²) in [5, 5.41) is 6.90. The molecule has 1 aliphatic rings. The zero-order chi connectivity index (χ0) is 22.4. The number of benzene rings is 1. The van der Waals surface area contributed by atoms with Crippen LogP contribution in [0, 0.1) is 5.82 Å². The van der Waals surface area contributed by atoms with E-state index in [2.05, 4.69) is 10.4 Å². The molecule has 0 saturated heterocycles. The number of fused-ring (bicyclic) bond motifs is 1. The Bertz CT molecular complexity index is 937. The molecule has 1 heterocycles. The van der Waals surface area contributed by atoms with Gasteiger partial charge in [0.05, 0.1) is 18.9 Å². The molecule has 1 aliphatic carbocycles. The predicted molar refractivity (Wildman–Crippen MR) is 109 cm³/mol. The smallest absolute Gasteiger partial charge is 0.340 e. The van der Waals surface area contributed by atoms with Crippen molar-refractivity contribution in [3.63, 3.8) is 0 Å². The molecule has 166 valence electrons. The molecule has 0 aliphatic heterocycles. The van der Waals surface area contributed by atoms with Gasteiger partial charge in [-0.3, -0.25) is 4.79 Å². The van der Waals surface area contributed by atoms with Crippen LogP contribution in [0.3, 0.4) is 0 Å². The van der Waals surface area contributed by atoms with Gasteiger partial charge in [-0.25, -0.2) is 18.7 Å². The minimum Gasteiger partial charge on any atom is -0.464 e. The first-order valence-corrected chi connectivity index (χ1v) is 10.5. The Balaban J connectivity index is 1.96. The molecule has 0 fully saturated rings. The molecule has 0 spiro atoms. The standard InChI is InChI=1S/C22H26FN3O5/c1-3-30-21(28)19(22(29)31-4-2)24-20(27)18-16-8-6-5-7-9-17(16)26(25-18)15-12-10-14(23)11-13-15/h10-13,19H,3-9H2,1-2H3,(H,24,27). The summed E-state index contributed by atoms with van der Waals surface area (Å²) in [5.41, 5.74) is 2.41. The van der Waals surface area contributed by atoms with Crippen LogP contribution in [0.1, 0.15) is 54.9 Å². The Hall–Kier alpha value is -3.23. The second-order valence-electron chi connectivity index (χ2n) is 7.13. The van der Waals surface area contributed by atoms with Crippen molar-refractivity contribution in [1.29, 1.82) is 0 Å². The molecule has 1 N–H and O–H groups in total. The van der Waals surface area contributed by atoms with Gasteiger partial charge in [0, 0.05) is 11.3 Å². The number of carbonyl (C=O) groups is 3. The molecule has 1 amide bonds. The highest BCUT2D eigenvalue weighted by Gasteiger charge is 2.34. The lowest BCUT2D eigenvalue weighted by atomic mass is 10.1. The maximum Gasteiger partial charge on any atom is 0.340 e. The molecule has 0 atom stereocenters. The zero-order valence-electron chi connectivity index (χ0n) is 17.7. The molecule has 31 heavy (non-hydrogen) atoms. The first-order valence-electron chi connectivity index (χ1n) is 10.5. The first-order chi connectivity index (χ1) is 15.0. The highest BCUT2D eigenvalue weighted by Crippen LogP contribution is 2.26. The van der Waals surface area contributed by atoms with Gasteiger partial charge in [0.25, 0.3) is 5.91 Å². The van der Waals surface area contributed by atoms with Crippen molar-refractivity contribution in [2.75, 3.05) is 13.2 Å². The van der Waals surface area contributed by atoms with Gasteiger partial charge in [0.2, 0.25) is 6.04 Å². The molecule has 0 saturated carbocycles. The van der Waals surface area contributed by atoms with E-state index >= 15 is 0 Å². The van der Waals surface area contributed by atoms with E-state index in [1.807, 2.05) is 0 Å². The summed E-state index contributed by atoms with van der Waals surface area (Å²) < 4.78 is 24.8. The van der Waals surface area contributed by atoms with Crippen LogP contribution in [0.4, 0.5) is 4.39 Å². The van der Waals surface area contributed by atoms with Crippen molar-refractivity contribution in [2.24, 2.45) is 0 Å². The van der Waals surface area contributed by atoms with Crippen LogP contribution in [-0.2, 0) is 31.9 Å². The summed E-state index contributed by atoms with van der Waals surface area (Å²) >= 11 is 0. The van der Waals surface area contributed by atoms with Crippen LogP contribution in [0.15, 0.2) is 24.3 Å². The summed E-state index contributed by atoms with van der Waals surface area (Å²) in [6.07, 6.45) is 4.19. The number of amides is 1. The third-order valence-corrected chi connectivity index (χ3v) is 5.04. The Labute approximate surface area is 179 Å². The molecule has 1 aromatic carbocycles. The van der Waals surface area contributed by atoms with Crippen molar-refractivity contribution >= 4 is 17.8 Å². The summed E-state index contributed by atoms with van der Waals surface area (Å²) in [5.74, 6) is -2.81. The molecule has 9 heteroatoms. The van der Waals surface area contributed by atoms with Crippen LogP contribution >= 0.6 is 0 Å². The lowest BCUT2D eigenvalue weighted by Gasteiger charge is -2.15. The topological polar surface area (TPSA) is 99.5 Å². The molecule has 0 bridgehead atoms. The van der Waals surface area contributed by atoms with E-state index in [1.165, 1.54) is 12.1 Å². The SMILES string of the molecule is CCOC(=O)C(NC(=O)c1nn(-c2ccc(F)cc2)c2c1CCCCC2)C(=O)OCC. The molecule has 8 nitrogen and oxygen atoms in total. The minimum atomic E-state index is -1.58. The van der Waals surface area contributed by atoms with Crippen LogP contribution in [0.25, 0.3) is 5.69 Å². The normalized spacial score (nSPS) is 13.3. The number of rotatable bonds is 7. The fraction of sp³-hybridized carbons (Fsp3) is 0.455. The largest absolute Gasteiger partial charge is 0.464 e. The van der Waals surface area contributed by atoms with E-state index in [4.69, 9.17) is 9.47 Å². The number of nitrogens with zero attached hydrogens (tertiary/aromatic N) is 2. The highest BCUT2D eigenvalue weighted by molar-refractivity contribution is 6.05. The third-order valence-electron chi connectivity index (χ3n) is 5.04. The maximum absolute atomic E-state index is 13.4. The van der Waals surface area contributed by atoms with Gasteiger partial charge in [-0.05, 0) is 63.8 Å². The van der Waals surface area contributed by atoms with E-state index in [0.29, 0.717) is 18.5 Å². The van der Waals surface area contributed by atoms with Crippen molar-refractivity contribution in [1.82, 2.24) is 15.1 Å². The average molecular weight is 431 g/mol. The van der Waals surface area contributed by atoms with Gasteiger partial charge in [-0.15, -0.1) is 0 Å². The lowest BCUT2D eigenvalue weighted by molar-refractivity contribution is -0.157. The van der Waals surface area contributed by atoms with Crippen LogP contribution in [0.2, 0.25) is 0 Å².